The first-order valence-corrected chi connectivity index (χ1v) is 7.32. The van der Waals surface area contributed by atoms with Crippen molar-refractivity contribution in [1.29, 1.82) is 5.26 Å². The van der Waals surface area contributed by atoms with Gasteiger partial charge in [0.15, 0.2) is 0 Å². The van der Waals surface area contributed by atoms with E-state index in [0.29, 0.717) is 0 Å². The van der Waals surface area contributed by atoms with Gasteiger partial charge in [-0.2, -0.15) is 5.26 Å². The Labute approximate surface area is 114 Å². The second-order valence-corrected chi connectivity index (χ2v) is 6.78. The molecule has 0 saturated heterocycles. The highest BCUT2D eigenvalue weighted by Crippen LogP contribution is 2.36. The van der Waals surface area contributed by atoms with E-state index in [-0.39, 0.29) is 5.56 Å². The van der Waals surface area contributed by atoms with E-state index < -0.39 is 26.2 Å². The number of halogens is 3. The summed E-state index contributed by atoms with van der Waals surface area (Å²) in [7, 11) is -3.67. The van der Waals surface area contributed by atoms with Crippen LogP contribution >= 0.6 is 23.2 Å². The molecular formula is C10H9Cl2FN2O2S. The Morgan fingerprint density at radius 3 is 2.56 bits per heavy atom. The van der Waals surface area contributed by atoms with Crippen molar-refractivity contribution in [3.8, 4) is 6.07 Å². The number of alkyl halides is 2. The third-order valence-corrected chi connectivity index (χ3v) is 3.29. The van der Waals surface area contributed by atoms with Crippen molar-refractivity contribution in [3.63, 3.8) is 0 Å². The Kier molecular flexibility index (Phi) is 4.56. The van der Waals surface area contributed by atoms with Crippen LogP contribution < -0.4 is 4.72 Å². The Morgan fingerprint density at radius 2 is 2.11 bits per heavy atom. The van der Waals surface area contributed by atoms with E-state index in [1.807, 2.05) is 0 Å². The van der Waals surface area contributed by atoms with Crippen LogP contribution in [0.3, 0.4) is 0 Å². The van der Waals surface area contributed by atoms with Gasteiger partial charge in [0, 0.05) is 0 Å². The van der Waals surface area contributed by atoms with Crippen molar-refractivity contribution >= 4 is 33.2 Å². The summed E-state index contributed by atoms with van der Waals surface area (Å²) in [5.41, 5.74) is 0.159. The zero-order chi connectivity index (χ0) is 14.0. The molecule has 1 rings (SSSR count). The summed E-state index contributed by atoms with van der Waals surface area (Å²) < 4.78 is 35.6. The molecule has 0 fully saturated rings. The Hall–Kier alpha value is -0.870. The van der Waals surface area contributed by atoms with Gasteiger partial charge in [-0.25, -0.2) is 17.5 Å². The molecule has 1 N–H and O–H groups in total. The molecule has 1 atom stereocenters. The molecule has 0 radical (unpaired) electrons. The third-order valence-electron chi connectivity index (χ3n) is 2.03. The van der Waals surface area contributed by atoms with E-state index >= 15 is 0 Å². The zero-order valence-corrected chi connectivity index (χ0v) is 11.5. The van der Waals surface area contributed by atoms with Crippen LogP contribution in [0.15, 0.2) is 24.3 Å². The lowest BCUT2D eigenvalue weighted by molar-refractivity contribution is 0.554. The number of nitrogens with zero attached hydrogens (tertiary/aromatic N) is 1. The van der Waals surface area contributed by atoms with Gasteiger partial charge >= 0.3 is 0 Å². The lowest BCUT2D eigenvalue weighted by atomic mass is 10.0. The Bertz CT molecular complexity index is 584. The van der Waals surface area contributed by atoms with E-state index in [1.54, 1.807) is 6.07 Å². The summed E-state index contributed by atoms with van der Waals surface area (Å²) >= 11 is 11.5. The normalized spacial score (nSPS) is 13.9. The molecule has 1 aromatic rings. The average Bonchev–Trinajstić information content (AvgIpc) is 2.24. The maximum Gasteiger partial charge on any atom is 0.223 e. The van der Waals surface area contributed by atoms with Crippen molar-refractivity contribution in [2.45, 2.75) is 10.4 Å². The van der Waals surface area contributed by atoms with Gasteiger partial charge < -0.3 is 0 Å². The van der Waals surface area contributed by atoms with Crippen molar-refractivity contribution in [2.75, 3.05) is 6.26 Å². The molecule has 98 valence electrons. The predicted octanol–water partition coefficient (Wildman–Crippen LogP) is 2.11. The fraction of sp³-hybridized carbons (Fsp3) is 0.300. The van der Waals surface area contributed by atoms with Crippen LogP contribution in [0.1, 0.15) is 11.6 Å². The fourth-order valence-electron chi connectivity index (χ4n) is 1.32. The Morgan fingerprint density at radius 1 is 1.50 bits per heavy atom. The van der Waals surface area contributed by atoms with Crippen molar-refractivity contribution < 1.29 is 12.8 Å². The van der Waals surface area contributed by atoms with Crippen molar-refractivity contribution in [3.05, 3.63) is 35.6 Å². The van der Waals surface area contributed by atoms with Crippen LogP contribution in [-0.2, 0) is 10.0 Å². The molecule has 0 bridgehead atoms. The summed E-state index contributed by atoms with van der Waals surface area (Å²) in [5.74, 6) is -0.588. The van der Waals surface area contributed by atoms with Crippen LogP contribution in [-0.4, -0.2) is 19.0 Å². The predicted molar refractivity (Wildman–Crippen MR) is 67.2 cm³/mol. The number of rotatable bonds is 4. The lowest BCUT2D eigenvalue weighted by Crippen LogP contribution is -2.38. The molecule has 0 spiro atoms. The molecule has 0 aliphatic heterocycles. The molecule has 4 nitrogen and oxygen atoms in total. The maximum atomic E-state index is 13.1. The van der Waals surface area contributed by atoms with Crippen LogP contribution in [0.4, 0.5) is 4.39 Å². The van der Waals surface area contributed by atoms with Gasteiger partial charge in [-0.05, 0) is 17.7 Å². The van der Waals surface area contributed by atoms with Crippen molar-refractivity contribution in [2.24, 2.45) is 0 Å². The molecule has 0 aliphatic rings. The highest BCUT2D eigenvalue weighted by molar-refractivity contribution is 7.88. The monoisotopic (exact) mass is 310 g/mol. The first kappa shape index (κ1) is 15.2. The van der Waals surface area contributed by atoms with Crippen LogP contribution in [0.2, 0.25) is 0 Å². The lowest BCUT2D eigenvalue weighted by Gasteiger charge is -2.24. The molecular weight excluding hydrogens is 302 g/mol. The molecule has 8 heteroatoms. The smallest absolute Gasteiger partial charge is 0.213 e. The SMILES string of the molecule is CS(=O)(=O)NC(c1cccc(F)c1)C(Cl)(Cl)C#N. The minimum Gasteiger partial charge on any atom is -0.213 e. The molecule has 0 amide bonds. The number of nitrogens with one attached hydrogen (secondary N) is 1. The van der Waals surface area contributed by atoms with E-state index in [0.717, 1.165) is 12.3 Å². The average molecular weight is 311 g/mol. The zero-order valence-electron chi connectivity index (χ0n) is 9.19. The van der Waals surface area contributed by atoms with E-state index in [2.05, 4.69) is 4.72 Å². The number of sulfonamides is 1. The second-order valence-electron chi connectivity index (χ2n) is 3.61. The summed E-state index contributed by atoms with van der Waals surface area (Å²) in [6.45, 7) is 0. The summed E-state index contributed by atoms with van der Waals surface area (Å²) in [6.07, 6.45) is 0.889. The molecule has 0 aliphatic carbocycles. The van der Waals surface area contributed by atoms with E-state index in [9.17, 15) is 12.8 Å². The quantitative estimate of drug-likeness (QED) is 0.866. The third kappa shape index (κ3) is 4.10. The van der Waals surface area contributed by atoms with Gasteiger partial charge in [-0.1, -0.05) is 35.3 Å². The topological polar surface area (TPSA) is 70.0 Å². The number of hydrogen-bond donors (Lipinski definition) is 1. The largest absolute Gasteiger partial charge is 0.223 e. The van der Waals surface area contributed by atoms with Gasteiger partial charge in [0.05, 0.1) is 12.3 Å². The van der Waals surface area contributed by atoms with Gasteiger partial charge in [0.1, 0.15) is 11.9 Å². The number of nitriles is 1. The first-order chi connectivity index (χ1) is 8.15. The van der Waals surface area contributed by atoms with E-state index in [4.69, 9.17) is 28.5 Å². The second kappa shape index (κ2) is 5.41. The standard InChI is InChI=1S/C10H9Cl2FN2O2S/c1-18(16,17)15-9(10(11,12)6-14)7-3-2-4-8(13)5-7/h2-5,9,15H,1H3. The molecule has 0 saturated carbocycles. The highest BCUT2D eigenvalue weighted by Gasteiger charge is 2.38. The van der Waals surface area contributed by atoms with E-state index in [1.165, 1.54) is 18.2 Å². The van der Waals surface area contributed by atoms with Gasteiger partial charge in [0.2, 0.25) is 14.4 Å². The molecule has 0 aromatic heterocycles. The number of benzene rings is 1. The summed E-state index contributed by atoms with van der Waals surface area (Å²) in [5, 5.41) is 8.85. The van der Waals surface area contributed by atoms with Crippen LogP contribution in [0, 0.1) is 17.1 Å². The molecule has 1 aromatic carbocycles. The maximum absolute atomic E-state index is 13.1. The molecule has 18 heavy (non-hydrogen) atoms. The minimum absolute atomic E-state index is 0.159. The van der Waals surface area contributed by atoms with Gasteiger partial charge in [-0.15, -0.1) is 0 Å². The highest BCUT2D eigenvalue weighted by atomic mass is 35.5. The van der Waals surface area contributed by atoms with Crippen molar-refractivity contribution in [1.82, 2.24) is 4.72 Å². The number of hydrogen-bond acceptors (Lipinski definition) is 3. The van der Waals surface area contributed by atoms with Crippen LogP contribution in [0.25, 0.3) is 0 Å². The van der Waals surface area contributed by atoms with Gasteiger partial charge in [0.25, 0.3) is 0 Å². The first-order valence-electron chi connectivity index (χ1n) is 4.67. The molecule has 0 heterocycles. The molecule has 1 unspecified atom stereocenters. The minimum atomic E-state index is -3.67. The summed E-state index contributed by atoms with van der Waals surface area (Å²) in [6, 6.07) is 5.31. The Balaban J connectivity index is 3.26. The van der Waals surface area contributed by atoms with Crippen LogP contribution in [0.5, 0.6) is 0 Å². The fourth-order valence-corrected chi connectivity index (χ4v) is 2.55. The van der Waals surface area contributed by atoms with Gasteiger partial charge in [-0.3, -0.25) is 0 Å². The summed E-state index contributed by atoms with van der Waals surface area (Å²) in [4.78, 5) is 0.